The predicted octanol–water partition coefficient (Wildman–Crippen LogP) is 17.6. The lowest BCUT2D eigenvalue weighted by Crippen LogP contribution is -2.63. The molecule has 1 aliphatic carbocycles. The molecule has 20 nitrogen and oxygen atoms in total. The Morgan fingerprint density at radius 1 is 0.664 bits per heavy atom. The van der Waals surface area contributed by atoms with Gasteiger partial charge in [0.05, 0.1) is 30.5 Å². The minimum absolute atomic E-state index is 0.0551. The van der Waals surface area contributed by atoms with Crippen LogP contribution in [0.3, 0.4) is 0 Å². The summed E-state index contributed by atoms with van der Waals surface area (Å²) in [6, 6.07) is -1.20. The van der Waals surface area contributed by atoms with Gasteiger partial charge in [0, 0.05) is 70.6 Å². The average molecular weight is 1510 g/mol. The number of cyclic esters (lactones) is 1. The number of piperidine rings is 1. The molecule has 0 aromatic heterocycles. The summed E-state index contributed by atoms with van der Waals surface area (Å²) in [6.07, 6.45) is 36.1. The Labute approximate surface area is 645 Å². The molecule has 1 saturated carbocycles. The van der Waals surface area contributed by atoms with E-state index in [1.165, 1.54) is 120 Å². The number of rotatable bonds is 47. The van der Waals surface area contributed by atoms with Gasteiger partial charge in [-0.3, -0.25) is 33.6 Å². The molecule has 2 bridgehead atoms. The molecule has 0 radical (unpaired) electrons. The third-order valence-electron chi connectivity index (χ3n) is 22.9. The maximum Gasteiger partial charge on any atom is 0.329 e. The number of aliphatic hydroxyl groups is 2. The number of methoxy groups -OCH3 is 2. The van der Waals surface area contributed by atoms with E-state index < -0.39 is 120 Å². The van der Waals surface area contributed by atoms with Crippen LogP contribution in [0.5, 0.6) is 0 Å². The van der Waals surface area contributed by atoms with Crippen LogP contribution in [0.4, 0.5) is 0 Å². The van der Waals surface area contributed by atoms with Gasteiger partial charge in [0.25, 0.3) is 11.7 Å². The van der Waals surface area contributed by atoms with Gasteiger partial charge in [0.1, 0.15) is 31.1 Å². The maximum absolute atomic E-state index is 14.8. The highest BCUT2D eigenvalue weighted by Crippen LogP contribution is 2.42. The quantitative estimate of drug-likeness (QED) is 0.0143. The minimum Gasteiger partial charge on any atom is -0.462 e. The summed E-state index contributed by atoms with van der Waals surface area (Å²) in [5, 5.41) is 24.4. The van der Waals surface area contributed by atoms with E-state index in [0.29, 0.717) is 76.2 Å². The Bertz CT molecular complexity index is 2610. The van der Waals surface area contributed by atoms with Gasteiger partial charge in [0.15, 0.2) is 12.9 Å². The van der Waals surface area contributed by atoms with Gasteiger partial charge in [0.2, 0.25) is 5.79 Å². The van der Waals surface area contributed by atoms with Crippen molar-refractivity contribution in [2.24, 2.45) is 41.4 Å². The van der Waals surface area contributed by atoms with Crippen LogP contribution in [0.1, 0.15) is 332 Å². The molecule has 0 aromatic carbocycles. The Morgan fingerprint density at radius 3 is 1.72 bits per heavy atom. The smallest absolute Gasteiger partial charge is 0.329 e. The summed E-state index contributed by atoms with van der Waals surface area (Å²) in [4.78, 5) is 112. The fourth-order valence-electron chi connectivity index (χ4n) is 16.3. The average Bonchev–Trinajstić information content (AvgIpc) is 0.800. The SMILES string of the molecule is C=CC[C@@H]1/C=C(\C)C[C@H](C)C[C@H](CC)[C@H]2O[C@@](O)(C(=O)C(=O)N3CCCC[C@H]3C(=O)O[C@H](/C(C)=C/[C@@H]3CC[C@@H](OCOC(=O)CC(C)CC(=O)OC(COC(=O)CCCCCCCCCCCCCCC)COC(=O)CCCCCCCCCCCCCCC)[C@H](OC)C3)[C@H](C)[C@@H](O)CC1=O)[C@H](C)C[C@@H]2OC. The molecule has 107 heavy (non-hydrogen) atoms. The molecule has 2 N–H and O–H groups in total. The molecule has 614 valence electrons. The second kappa shape index (κ2) is 53.9. The first-order valence-corrected chi connectivity index (χ1v) is 42.4. The minimum atomic E-state index is -2.49. The van der Waals surface area contributed by atoms with Crippen molar-refractivity contribution < 1.29 is 91.2 Å². The third-order valence-corrected chi connectivity index (χ3v) is 22.9. The summed E-state index contributed by atoms with van der Waals surface area (Å²) in [6.45, 7) is 20.6. The number of unbranched alkanes of at least 4 members (excludes halogenated alkanes) is 24. The number of hydrogen-bond donors (Lipinski definition) is 2. The number of amides is 1. The van der Waals surface area contributed by atoms with Gasteiger partial charge in [-0.2, -0.15) is 0 Å². The summed E-state index contributed by atoms with van der Waals surface area (Å²) >= 11 is 0. The fraction of sp³-hybridized carbons (Fsp3) is 0.839. The van der Waals surface area contributed by atoms with Crippen LogP contribution in [-0.2, 0) is 81.0 Å². The fourth-order valence-corrected chi connectivity index (χ4v) is 16.3. The second-order valence-corrected chi connectivity index (χ2v) is 32.4. The maximum atomic E-state index is 14.8. The van der Waals surface area contributed by atoms with Gasteiger partial charge in [-0.05, 0) is 120 Å². The molecule has 1 amide bonds. The predicted molar refractivity (Wildman–Crippen MR) is 416 cm³/mol. The van der Waals surface area contributed by atoms with Crippen LogP contribution in [0.25, 0.3) is 0 Å². The van der Waals surface area contributed by atoms with E-state index in [-0.39, 0.29) is 95.0 Å². The van der Waals surface area contributed by atoms with Gasteiger partial charge in [-0.25, -0.2) is 4.79 Å². The zero-order chi connectivity index (χ0) is 78.5. The number of carbonyl (C=O) groups excluding carboxylic acids is 8. The van der Waals surface area contributed by atoms with Gasteiger partial charge >= 0.3 is 29.8 Å². The van der Waals surface area contributed by atoms with E-state index in [1.54, 1.807) is 48.0 Å². The number of allylic oxidation sites excluding steroid dienone is 4. The standard InChI is InChI=1S/C87H147NO19/c1-13-17-19-21-23-25-27-29-31-33-35-37-39-45-78(91)101-59-71(60-102-79(92)46-40-38-36-34-32-30-28-26-24-22-20-18-14-2)105-81(94)54-64(7)53-80(93)104-61-103-75-48-47-68(57-76(75)99-11)55-65(8)82-67(10)73(89)58-74(90)70(43-15-3)52-63(6)50-62(5)51-69(16-4)83-77(100-12)56-66(9)87(98,107-83)84(95)85(96)88-49-42-41-44-72(88)86(97)106-82/h15,52,55,62,64,66-73,75-77,82-83,89,98H,3,13-14,16-51,53-54,56-61H2,1-2,4-12H3/b63-52+,65-55+/t62-,64?,66+,67+,68-,69-,70+,72-,73-,75+,76+,77-,82+,83+,87+/m0/s1. The molecule has 2 saturated heterocycles. The van der Waals surface area contributed by atoms with E-state index in [4.69, 9.17) is 42.6 Å². The number of hydrogen-bond acceptors (Lipinski definition) is 19. The van der Waals surface area contributed by atoms with E-state index in [2.05, 4.69) is 27.4 Å². The third kappa shape index (κ3) is 35.6. The number of Topliss-reactive ketones (excluding diaryl/α,β-unsaturated/α-hetero) is 2. The molecule has 0 spiro atoms. The lowest BCUT2D eigenvalue weighted by atomic mass is 9.78. The van der Waals surface area contributed by atoms with E-state index in [1.807, 2.05) is 26.0 Å². The molecule has 4 aliphatic rings. The molecule has 3 fully saturated rings. The van der Waals surface area contributed by atoms with Crippen LogP contribution in [-0.4, -0.2) is 158 Å². The highest BCUT2D eigenvalue weighted by Gasteiger charge is 2.56. The number of ether oxygens (including phenoxy) is 9. The Morgan fingerprint density at radius 2 is 1.20 bits per heavy atom. The lowest BCUT2D eigenvalue weighted by Gasteiger charge is -2.47. The molecule has 4 rings (SSSR count). The number of nitrogens with zero attached hydrogens (tertiary/aromatic N) is 1. The lowest BCUT2D eigenvalue weighted by molar-refractivity contribution is -0.296. The van der Waals surface area contributed by atoms with Crippen molar-refractivity contribution in [3.63, 3.8) is 0 Å². The first-order valence-electron chi connectivity index (χ1n) is 42.4. The first-order chi connectivity index (χ1) is 51.4. The number of esters is 5. The van der Waals surface area contributed by atoms with Crippen LogP contribution < -0.4 is 0 Å². The van der Waals surface area contributed by atoms with Crippen LogP contribution in [0.15, 0.2) is 36.0 Å². The number of carbonyl (C=O) groups is 8. The Hall–Kier alpha value is -4.86. The van der Waals surface area contributed by atoms with Crippen molar-refractivity contribution >= 4 is 47.3 Å². The molecule has 15 atom stereocenters. The molecular weight excluding hydrogens is 1360 g/mol. The van der Waals surface area contributed by atoms with Crippen molar-refractivity contribution in [2.45, 2.75) is 387 Å². The van der Waals surface area contributed by atoms with Gasteiger partial charge in [-0.15, -0.1) is 6.58 Å². The monoisotopic (exact) mass is 1510 g/mol. The van der Waals surface area contributed by atoms with E-state index >= 15 is 0 Å². The normalized spacial score (nSPS) is 27.5. The van der Waals surface area contributed by atoms with Crippen LogP contribution in [0.2, 0.25) is 0 Å². The van der Waals surface area contributed by atoms with Crippen molar-refractivity contribution in [3.05, 3.63) is 36.0 Å². The molecular formula is C87H147NO19. The summed E-state index contributed by atoms with van der Waals surface area (Å²) in [5.41, 5.74) is 1.57. The molecule has 20 heteroatoms. The van der Waals surface area contributed by atoms with E-state index in [9.17, 15) is 48.6 Å². The van der Waals surface area contributed by atoms with E-state index in [0.717, 1.165) is 44.1 Å². The molecule has 3 heterocycles. The van der Waals surface area contributed by atoms with Crippen molar-refractivity contribution in [2.75, 3.05) is 40.8 Å². The Kier molecular flexibility index (Phi) is 47.6. The van der Waals surface area contributed by atoms with Crippen LogP contribution in [0, 0.1) is 41.4 Å². The summed E-state index contributed by atoms with van der Waals surface area (Å²) < 4.78 is 53.5. The van der Waals surface area contributed by atoms with Crippen LogP contribution >= 0.6 is 0 Å². The van der Waals surface area contributed by atoms with Gasteiger partial charge < -0.3 is 57.7 Å². The molecule has 0 aromatic rings. The summed E-state index contributed by atoms with van der Waals surface area (Å²) in [5.74, 6) is -10.7. The second-order valence-electron chi connectivity index (χ2n) is 32.4. The summed E-state index contributed by atoms with van der Waals surface area (Å²) in [7, 11) is 3.14. The Balaban J connectivity index is 1.37. The van der Waals surface area contributed by atoms with Crippen molar-refractivity contribution in [3.8, 4) is 0 Å². The molecule has 1 unspecified atom stereocenters. The van der Waals surface area contributed by atoms with Gasteiger partial charge in [-0.1, -0.05) is 233 Å². The zero-order valence-electron chi connectivity index (χ0n) is 68.4. The topological polar surface area (TPSA) is 263 Å². The number of fused-ring (bicyclic) bond motifs is 3. The van der Waals surface area contributed by atoms with Crippen molar-refractivity contribution in [1.82, 2.24) is 4.90 Å². The first kappa shape index (κ1) is 94.5. The molecule has 3 aliphatic heterocycles. The number of aliphatic hydroxyl groups excluding tert-OH is 1. The highest BCUT2D eigenvalue weighted by molar-refractivity contribution is 6.39. The highest BCUT2D eigenvalue weighted by atomic mass is 16.7. The largest absolute Gasteiger partial charge is 0.462 e. The zero-order valence-corrected chi connectivity index (χ0v) is 68.4. The number of ketones is 2. The van der Waals surface area contributed by atoms with Crippen molar-refractivity contribution in [1.29, 1.82) is 0 Å².